The molecule has 0 saturated heterocycles. The Morgan fingerprint density at radius 3 is 1.97 bits per heavy atom. The van der Waals surface area contributed by atoms with E-state index in [2.05, 4.69) is 16.0 Å². The van der Waals surface area contributed by atoms with E-state index < -0.39 is 0 Å². The second kappa shape index (κ2) is 9.35. The minimum Gasteiger partial charge on any atom is -0.497 e. The largest absolute Gasteiger partial charge is 0.497 e. The summed E-state index contributed by atoms with van der Waals surface area (Å²) in [5.41, 5.74) is 3.99. The van der Waals surface area contributed by atoms with E-state index in [-0.39, 0.29) is 11.9 Å². The number of benzene rings is 3. The van der Waals surface area contributed by atoms with Gasteiger partial charge >= 0.3 is 6.03 Å². The quantitative estimate of drug-likeness (QED) is 0.471. The molecule has 3 N–H and O–H groups in total. The number of carbonyl (C=O) groups excluding carboxylic acids is 2. The standard InChI is InChI=1S/C25H23N3O5/c1-31-18-10-8-17(9-11-18)27-25(30)26-16-6-4-15(5-7-16)12-20-19-13-22(32-2)23(33-3)14-21(19)28-24(20)29/h4-14H,1-3H3,(H,28,29)(H2,26,27,30)/b20-12+. The van der Waals surface area contributed by atoms with E-state index in [1.165, 1.54) is 0 Å². The number of anilines is 3. The summed E-state index contributed by atoms with van der Waals surface area (Å²) in [6.07, 6.45) is 1.79. The number of ether oxygens (including phenoxy) is 3. The summed E-state index contributed by atoms with van der Waals surface area (Å²) < 4.78 is 15.8. The van der Waals surface area contributed by atoms with Crippen LogP contribution in [0.5, 0.6) is 17.2 Å². The van der Waals surface area contributed by atoms with E-state index in [1.807, 2.05) is 12.1 Å². The van der Waals surface area contributed by atoms with Crippen LogP contribution in [0, 0.1) is 0 Å². The van der Waals surface area contributed by atoms with Gasteiger partial charge in [-0.15, -0.1) is 0 Å². The van der Waals surface area contributed by atoms with Gasteiger partial charge in [-0.1, -0.05) is 12.1 Å². The second-order valence-corrected chi connectivity index (χ2v) is 7.19. The Hall–Kier alpha value is -4.46. The van der Waals surface area contributed by atoms with Gasteiger partial charge in [0.2, 0.25) is 0 Å². The molecule has 0 aromatic heterocycles. The maximum atomic E-state index is 12.5. The van der Waals surface area contributed by atoms with Gasteiger partial charge in [0.1, 0.15) is 5.75 Å². The van der Waals surface area contributed by atoms with Gasteiger partial charge in [0.05, 0.1) is 27.0 Å². The molecule has 0 bridgehead atoms. The smallest absolute Gasteiger partial charge is 0.323 e. The fraction of sp³-hybridized carbons (Fsp3) is 0.120. The third-order valence-corrected chi connectivity index (χ3v) is 5.13. The number of amides is 3. The summed E-state index contributed by atoms with van der Waals surface area (Å²) in [7, 11) is 4.68. The lowest BCUT2D eigenvalue weighted by atomic mass is 10.0. The molecule has 0 fully saturated rings. The third-order valence-electron chi connectivity index (χ3n) is 5.13. The van der Waals surface area contributed by atoms with E-state index in [0.29, 0.717) is 39.9 Å². The van der Waals surface area contributed by atoms with Gasteiger partial charge < -0.3 is 30.2 Å². The lowest BCUT2D eigenvalue weighted by Gasteiger charge is -2.10. The van der Waals surface area contributed by atoms with Crippen LogP contribution >= 0.6 is 0 Å². The van der Waals surface area contributed by atoms with Crippen molar-refractivity contribution in [3.8, 4) is 17.2 Å². The number of fused-ring (bicyclic) bond motifs is 1. The fourth-order valence-electron chi connectivity index (χ4n) is 3.46. The van der Waals surface area contributed by atoms with Gasteiger partial charge in [-0.3, -0.25) is 4.79 Å². The molecule has 3 amide bonds. The molecule has 168 valence electrons. The first-order valence-corrected chi connectivity index (χ1v) is 10.1. The van der Waals surface area contributed by atoms with E-state index >= 15 is 0 Å². The van der Waals surface area contributed by atoms with Gasteiger partial charge in [0.15, 0.2) is 11.5 Å². The third kappa shape index (κ3) is 4.74. The van der Waals surface area contributed by atoms with Crippen molar-refractivity contribution in [1.29, 1.82) is 0 Å². The summed E-state index contributed by atoms with van der Waals surface area (Å²) in [6, 6.07) is 17.4. The van der Waals surface area contributed by atoms with E-state index in [9.17, 15) is 9.59 Å². The molecule has 1 aliphatic rings. The Labute approximate surface area is 191 Å². The number of nitrogens with one attached hydrogen (secondary N) is 3. The van der Waals surface area contributed by atoms with E-state index in [4.69, 9.17) is 14.2 Å². The van der Waals surface area contributed by atoms with Gasteiger partial charge in [-0.25, -0.2) is 4.79 Å². The van der Waals surface area contributed by atoms with Crippen molar-refractivity contribution >= 4 is 40.6 Å². The summed E-state index contributed by atoms with van der Waals surface area (Å²) in [6.45, 7) is 0. The highest BCUT2D eigenvalue weighted by molar-refractivity contribution is 6.35. The molecule has 0 spiro atoms. The van der Waals surface area contributed by atoms with Crippen LogP contribution in [0.25, 0.3) is 11.6 Å². The first kappa shape index (κ1) is 21.8. The summed E-state index contributed by atoms with van der Waals surface area (Å²) in [4.78, 5) is 24.8. The topological polar surface area (TPSA) is 97.9 Å². The molecule has 1 aliphatic heterocycles. The van der Waals surface area contributed by atoms with Crippen LogP contribution in [0.4, 0.5) is 21.9 Å². The molecular formula is C25H23N3O5. The van der Waals surface area contributed by atoms with Gasteiger partial charge in [0, 0.05) is 28.6 Å². The predicted octanol–water partition coefficient (Wildman–Crippen LogP) is 4.85. The van der Waals surface area contributed by atoms with E-state index in [1.54, 1.807) is 75.9 Å². The zero-order chi connectivity index (χ0) is 23.4. The zero-order valence-corrected chi connectivity index (χ0v) is 18.4. The van der Waals surface area contributed by atoms with Gasteiger partial charge in [0.25, 0.3) is 5.91 Å². The monoisotopic (exact) mass is 445 g/mol. The van der Waals surface area contributed by atoms with Crippen LogP contribution in [-0.4, -0.2) is 33.3 Å². The SMILES string of the molecule is COc1ccc(NC(=O)Nc2ccc(/C=C3/C(=O)Nc4cc(OC)c(OC)cc43)cc2)cc1. The minimum absolute atomic E-state index is 0.207. The number of carbonyl (C=O) groups is 2. The number of hydrogen-bond acceptors (Lipinski definition) is 5. The Morgan fingerprint density at radius 2 is 1.39 bits per heavy atom. The number of urea groups is 1. The predicted molar refractivity (Wildman–Crippen MR) is 128 cm³/mol. The number of rotatable bonds is 6. The highest BCUT2D eigenvalue weighted by Crippen LogP contribution is 2.41. The van der Waals surface area contributed by atoms with Gasteiger partial charge in [-0.2, -0.15) is 0 Å². The van der Waals surface area contributed by atoms with Crippen LogP contribution in [0.3, 0.4) is 0 Å². The Kier molecular flexibility index (Phi) is 6.17. The number of hydrogen-bond donors (Lipinski definition) is 3. The maximum absolute atomic E-state index is 12.5. The van der Waals surface area contributed by atoms with Gasteiger partial charge in [-0.05, 0) is 54.1 Å². The lowest BCUT2D eigenvalue weighted by molar-refractivity contribution is -0.110. The molecule has 3 aromatic carbocycles. The Bertz CT molecular complexity index is 1220. The molecule has 4 rings (SSSR count). The maximum Gasteiger partial charge on any atom is 0.323 e. The average molecular weight is 445 g/mol. The molecule has 0 unspecified atom stereocenters. The van der Waals surface area contributed by atoms with Crippen molar-refractivity contribution in [2.75, 3.05) is 37.3 Å². The first-order chi connectivity index (χ1) is 16.0. The first-order valence-electron chi connectivity index (χ1n) is 10.1. The lowest BCUT2D eigenvalue weighted by Crippen LogP contribution is -2.19. The van der Waals surface area contributed by atoms with Crippen LogP contribution in [0.15, 0.2) is 60.7 Å². The highest BCUT2D eigenvalue weighted by Gasteiger charge is 2.26. The Balaban J connectivity index is 1.47. The van der Waals surface area contributed by atoms with E-state index in [0.717, 1.165) is 11.1 Å². The van der Waals surface area contributed by atoms with Crippen LogP contribution in [-0.2, 0) is 4.79 Å². The van der Waals surface area contributed by atoms with Crippen molar-refractivity contribution < 1.29 is 23.8 Å². The fourth-order valence-corrected chi connectivity index (χ4v) is 3.46. The van der Waals surface area contributed by atoms with Crippen LogP contribution in [0.1, 0.15) is 11.1 Å². The summed E-state index contributed by atoms with van der Waals surface area (Å²) >= 11 is 0. The minimum atomic E-state index is -0.364. The average Bonchev–Trinajstić information content (AvgIpc) is 3.13. The van der Waals surface area contributed by atoms with Crippen molar-refractivity contribution in [2.24, 2.45) is 0 Å². The second-order valence-electron chi connectivity index (χ2n) is 7.19. The molecular weight excluding hydrogens is 422 g/mol. The number of methoxy groups -OCH3 is 3. The molecule has 0 saturated carbocycles. The molecule has 0 atom stereocenters. The van der Waals surface area contributed by atoms with Crippen molar-refractivity contribution in [2.45, 2.75) is 0 Å². The van der Waals surface area contributed by atoms with Crippen molar-refractivity contribution in [1.82, 2.24) is 0 Å². The summed E-state index contributed by atoms with van der Waals surface area (Å²) in [5.74, 6) is 1.59. The molecule has 0 radical (unpaired) electrons. The van der Waals surface area contributed by atoms with Crippen molar-refractivity contribution in [3.05, 3.63) is 71.8 Å². The van der Waals surface area contributed by atoms with Crippen LogP contribution < -0.4 is 30.2 Å². The zero-order valence-electron chi connectivity index (χ0n) is 18.4. The molecule has 8 heteroatoms. The molecule has 8 nitrogen and oxygen atoms in total. The van der Waals surface area contributed by atoms with Crippen molar-refractivity contribution in [3.63, 3.8) is 0 Å². The highest BCUT2D eigenvalue weighted by atomic mass is 16.5. The molecule has 0 aliphatic carbocycles. The normalized spacial score (nSPS) is 13.2. The molecule has 33 heavy (non-hydrogen) atoms. The Morgan fingerprint density at radius 1 is 0.818 bits per heavy atom. The molecule has 1 heterocycles. The summed E-state index contributed by atoms with van der Waals surface area (Å²) in [5, 5.41) is 8.39. The van der Waals surface area contributed by atoms with Crippen LogP contribution in [0.2, 0.25) is 0 Å². The molecule has 3 aromatic rings.